The second-order valence-electron chi connectivity index (χ2n) is 24.4. The van der Waals surface area contributed by atoms with E-state index >= 15 is 0 Å². The zero-order chi connectivity index (χ0) is 51.7. The van der Waals surface area contributed by atoms with E-state index in [1.165, 1.54) is 50.0 Å². The first kappa shape index (κ1) is 49.2. The molecule has 1 aliphatic heterocycles. The first-order valence-electron chi connectivity index (χ1n) is 26.0. The maximum Gasteiger partial charge on any atom is 0.137 e. The number of pyridine rings is 1. The molecule has 370 valence electrons. The lowest BCUT2D eigenvalue weighted by molar-refractivity contribution is 0.479. The van der Waals surface area contributed by atoms with Crippen molar-refractivity contribution in [1.29, 1.82) is 0 Å². The standard InChI is InChI=1S/C68H72N4O/c1-64(2,3)51-35-52(65(4,5)6)37-54(36-51)70-44-62(46-23-17-14-18-24-46)71(45-70)55-38-53(66(7,8)9)39-57(42-55)73-56-30-31-58-59-40-49(67(10,11)47-25-19-15-20-26-47)29-32-60(59)72(61(58)43-56)63-41-50(33-34-69-63)68(12,13)48-27-21-16-22-28-48/h14-44H,45H2,1-13H3. The molecule has 2 aromatic heterocycles. The third kappa shape index (κ3) is 9.59. The minimum absolute atomic E-state index is 0.00584. The summed E-state index contributed by atoms with van der Waals surface area (Å²) in [7, 11) is 0. The fraction of sp³-hybridized carbons (Fsp3) is 0.279. The highest BCUT2D eigenvalue weighted by molar-refractivity contribution is 6.10. The second kappa shape index (κ2) is 18.3. The van der Waals surface area contributed by atoms with E-state index in [2.05, 4.69) is 287 Å². The van der Waals surface area contributed by atoms with E-state index in [4.69, 9.17) is 9.72 Å². The Bertz CT molecular complexity index is 3470. The topological polar surface area (TPSA) is 33.5 Å². The van der Waals surface area contributed by atoms with E-state index in [0.29, 0.717) is 6.67 Å². The van der Waals surface area contributed by atoms with Gasteiger partial charge >= 0.3 is 0 Å². The molecule has 9 aromatic rings. The van der Waals surface area contributed by atoms with Crippen LogP contribution in [0, 0.1) is 0 Å². The van der Waals surface area contributed by atoms with Gasteiger partial charge in [-0.05, 0) is 121 Å². The quantitative estimate of drug-likeness (QED) is 0.137. The van der Waals surface area contributed by atoms with Crippen LogP contribution in [-0.2, 0) is 27.1 Å². The van der Waals surface area contributed by atoms with Gasteiger partial charge in [0.1, 0.15) is 17.3 Å². The number of hydrogen-bond donors (Lipinski definition) is 0. The van der Waals surface area contributed by atoms with E-state index in [1.54, 1.807) is 0 Å². The lowest BCUT2D eigenvalue weighted by Crippen LogP contribution is -2.27. The number of nitrogens with zero attached hydrogens (tertiary/aromatic N) is 4. The van der Waals surface area contributed by atoms with Gasteiger partial charge in [-0.1, -0.05) is 193 Å². The second-order valence-corrected chi connectivity index (χ2v) is 24.4. The molecule has 7 aromatic carbocycles. The summed E-state index contributed by atoms with van der Waals surface area (Å²) in [5.41, 5.74) is 14.9. The third-order valence-corrected chi connectivity index (χ3v) is 15.4. The summed E-state index contributed by atoms with van der Waals surface area (Å²) in [6, 6.07) is 64.3. The van der Waals surface area contributed by atoms with Gasteiger partial charge in [-0.3, -0.25) is 4.57 Å². The molecule has 0 aliphatic carbocycles. The minimum atomic E-state index is -0.248. The Morgan fingerprint density at radius 2 is 0.959 bits per heavy atom. The number of hydrogen-bond acceptors (Lipinski definition) is 4. The summed E-state index contributed by atoms with van der Waals surface area (Å²) in [4.78, 5) is 9.98. The van der Waals surface area contributed by atoms with Crippen LogP contribution in [-0.4, -0.2) is 16.2 Å². The van der Waals surface area contributed by atoms with Crippen LogP contribution in [0.4, 0.5) is 11.4 Å². The molecule has 0 atom stereocenters. The average Bonchev–Trinajstić information content (AvgIpc) is 3.96. The van der Waals surface area contributed by atoms with E-state index in [-0.39, 0.29) is 27.1 Å². The molecule has 1 aliphatic rings. The summed E-state index contributed by atoms with van der Waals surface area (Å²) >= 11 is 0. The van der Waals surface area contributed by atoms with E-state index in [0.717, 1.165) is 50.7 Å². The molecule has 0 amide bonds. The summed E-state index contributed by atoms with van der Waals surface area (Å²) in [6.07, 6.45) is 4.29. The van der Waals surface area contributed by atoms with Crippen molar-refractivity contribution < 1.29 is 4.74 Å². The lowest BCUT2D eigenvalue weighted by atomic mass is 9.78. The van der Waals surface area contributed by atoms with Crippen molar-refractivity contribution in [2.45, 2.75) is 117 Å². The van der Waals surface area contributed by atoms with Gasteiger partial charge in [0, 0.05) is 57.5 Å². The van der Waals surface area contributed by atoms with Gasteiger partial charge in [-0.2, -0.15) is 0 Å². The molecule has 0 fully saturated rings. The summed E-state index contributed by atoms with van der Waals surface area (Å²) in [5.74, 6) is 2.42. The molecule has 0 unspecified atom stereocenters. The maximum absolute atomic E-state index is 7.15. The van der Waals surface area contributed by atoms with Crippen LogP contribution in [0.15, 0.2) is 188 Å². The fourth-order valence-corrected chi connectivity index (χ4v) is 10.4. The summed E-state index contributed by atoms with van der Waals surface area (Å²) in [6.45, 7) is 30.6. The van der Waals surface area contributed by atoms with Gasteiger partial charge in [-0.15, -0.1) is 0 Å². The van der Waals surface area contributed by atoms with Crippen molar-refractivity contribution >= 4 is 38.9 Å². The molecule has 0 bridgehead atoms. The molecular weight excluding hydrogens is 889 g/mol. The maximum atomic E-state index is 7.15. The Labute approximate surface area is 434 Å². The van der Waals surface area contributed by atoms with Gasteiger partial charge in [0.05, 0.1) is 23.4 Å². The number of benzene rings is 7. The molecule has 0 saturated heterocycles. The zero-order valence-corrected chi connectivity index (χ0v) is 45.3. The summed E-state index contributed by atoms with van der Waals surface area (Å²) < 4.78 is 9.47. The highest BCUT2D eigenvalue weighted by Gasteiger charge is 2.31. The average molecular weight is 961 g/mol. The highest BCUT2D eigenvalue weighted by atomic mass is 16.5. The smallest absolute Gasteiger partial charge is 0.137 e. The van der Waals surface area contributed by atoms with Gasteiger partial charge in [0.2, 0.25) is 0 Å². The van der Waals surface area contributed by atoms with Crippen molar-refractivity contribution in [2.24, 2.45) is 0 Å². The molecule has 0 N–H and O–H groups in total. The predicted octanol–water partition coefficient (Wildman–Crippen LogP) is 17.8. The van der Waals surface area contributed by atoms with Crippen LogP contribution in [0.5, 0.6) is 11.5 Å². The Hall–Kier alpha value is -7.37. The first-order valence-corrected chi connectivity index (χ1v) is 26.0. The van der Waals surface area contributed by atoms with E-state index in [9.17, 15) is 0 Å². The normalized spacial score (nSPS) is 13.8. The van der Waals surface area contributed by atoms with E-state index < -0.39 is 0 Å². The molecule has 5 nitrogen and oxygen atoms in total. The van der Waals surface area contributed by atoms with Crippen molar-refractivity contribution in [2.75, 3.05) is 16.5 Å². The SMILES string of the molecule is CC(C)(C)c1cc(Oc2ccc3c4cc(C(C)(C)c5ccccc5)ccc4n(-c4cc(C(C)(C)c5ccccc5)ccn4)c3c2)cc(N2CN(c3cc(C(C)(C)C)cc(C(C)(C)C)c3)C=C2c2ccccc2)c1. The molecule has 5 heteroatoms. The molecule has 0 spiro atoms. The van der Waals surface area contributed by atoms with Gasteiger partial charge < -0.3 is 14.5 Å². The Kier molecular flexibility index (Phi) is 12.3. The number of anilines is 2. The number of fused-ring (bicyclic) bond motifs is 3. The van der Waals surface area contributed by atoms with Crippen LogP contribution in [0.25, 0.3) is 33.3 Å². The van der Waals surface area contributed by atoms with Crippen LogP contribution in [0.3, 0.4) is 0 Å². The summed E-state index contributed by atoms with van der Waals surface area (Å²) in [5, 5.41) is 2.32. The number of rotatable bonds is 10. The van der Waals surface area contributed by atoms with Gasteiger partial charge in [0.15, 0.2) is 0 Å². The molecule has 3 heterocycles. The van der Waals surface area contributed by atoms with Crippen LogP contribution < -0.4 is 14.5 Å². The zero-order valence-electron chi connectivity index (χ0n) is 45.3. The molecular formula is C68H72N4O. The van der Waals surface area contributed by atoms with Crippen molar-refractivity contribution in [3.63, 3.8) is 0 Å². The molecule has 73 heavy (non-hydrogen) atoms. The first-order chi connectivity index (χ1) is 34.6. The Balaban J connectivity index is 1.10. The highest BCUT2D eigenvalue weighted by Crippen LogP contribution is 2.44. The molecule has 0 radical (unpaired) electrons. The van der Waals surface area contributed by atoms with Crippen LogP contribution >= 0.6 is 0 Å². The van der Waals surface area contributed by atoms with Crippen molar-refractivity contribution in [1.82, 2.24) is 9.55 Å². The molecule has 0 saturated carbocycles. The number of aromatic nitrogens is 2. The number of ether oxygens (including phenoxy) is 1. The molecule has 10 rings (SSSR count). The lowest BCUT2D eigenvalue weighted by Gasteiger charge is -2.30. The van der Waals surface area contributed by atoms with Crippen molar-refractivity contribution in [3.8, 4) is 17.3 Å². The van der Waals surface area contributed by atoms with Crippen molar-refractivity contribution in [3.05, 3.63) is 233 Å². The minimum Gasteiger partial charge on any atom is -0.457 e. The van der Waals surface area contributed by atoms with Gasteiger partial charge in [-0.25, -0.2) is 4.98 Å². The largest absolute Gasteiger partial charge is 0.457 e. The fourth-order valence-electron chi connectivity index (χ4n) is 10.4. The van der Waals surface area contributed by atoms with Crippen LogP contribution in [0.1, 0.15) is 135 Å². The third-order valence-electron chi connectivity index (χ3n) is 15.4. The Morgan fingerprint density at radius 3 is 1.55 bits per heavy atom. The van der Waals surface area contributed by atoms with Gasteiger partial charge in [0.25, 0.3) is 0 Å². The Morgan fingerprint density at radius 1 is 0.411 bits per heavy atom. The van der Waals surface area contributed by atoms with E-state index in [1.807, 2.05) is 6.20 Å². The monoisotopic (exact) mass is 961 g/mol. The van der Waals surface area contributed by atoms with Crippen LogP contribution in [0.2, 0.25) is 0 Å². The predicted molar refractivity (Wildman–Crippen MR) is 309 cm³/mol.